The Kier molecular flexibility index (Phi) is 9.28. The number of rotatable bonds is 6. The molecule has 0 unspecified atom stereocenters. The molecule has 12 nitrogen and oxygen atoms in total. The van der Waals surface area contributed by atoms with Gasteiger partial charge in [-0.3, -0.25) is 4.79 Å². The van der Waals surface area contributed by atoms with Gasteiger partial charge >= 0.3 is 11.9 Å². The van der Waals surface area contributed by atoms with E-state index in [0.29, 0.717) is 44.1 Å². The minimum absolute atomic E-state index is 0.0443. The van der Waals surface area contributed by atoms with Gasteiger partial charge in [-0.1, -0.05) is 31.1 Å². The molecule has 6 rings (SSSR count). The molecule has 15 atom stereocenters. The molecule has 1 saturated heterocycles. The minimum atomic E-state index is -1.57. The number of carbonyl (C=O) groups is 2. The molecule has 0 radical (unpaired) electrons. The van der Waals surface area contributed by atoms with E-state index >= 15 is 0 Å². The summed E-state index contributed by atoms with van der Waals surface area (Å²) in [5.74, 6) is -1.40. The molecule has 0 aromatic rings. The van der Waals surface area contributed by atoms with Crippen LogP contribution in [0, 0.1) is 28.6 Å². The maximum atomic E-state index is 12.8. The second-order valence-corrected chi connectivity index (χ2v) is 16.2. The molecule has 0 bridgehead atoms. The molecule has 3 saturated carbocycles. The molecule has 2 heterocycles. The van der Waals surface area contributed by atoms with Gasteiger partial charge < -0.3 is 49.6 Å². The first kappa shape index (κ1) is 35.9. The fourth-order valence-electron chi connectivity index (χ4n) is 10.8. The van der Waals surface area contributed by atoms with E-state index in [2.05, 4.69) is 19.9 Å². The fourth-order valence-corrected chi connectivity index (χ4v) is 10.8. The second kappa shape index (κ2) is 12.4. The Balaban J connectivity index is 1.27. The van der Waals surface area contributed by atoms with E-state index in [1.165, 1.54) is 6.92 Å². The number of esters is 2. The summed E-state index contributed by atoms with van der Waals surface area (Å²) < 4.78 is 23.6. The Morgan fingerprint density at radius 3 is 2.42 bits per heavy atom. The maximum Gasteiger partial charge on any atom is 0.334 e. The predicted molar refractivity (Wildman–Crippen MR) is 170 cm³/mol. The van der Waals surface area contributed by atoms with Crippen molar-refractivity contribution in [2.24, 2.45) is 28.6 Å². The summed E-state index contributed by atoms with van der Waals surface area (Å²) in [4.78, 5) is 25.1. The van der Waals surface area contributed by atoms with Crippen LogP contribution in [-0.4, -0.2) is 109 Å². The van der Waals surface area contributed by atoms with E-state index in [0.717, 1.165) is 17.6 Å². The molecule has 4 fully saturated rings. The molecule has 6 N–H and O–H groups in total. The first-order valence-electron chi connectivity index (χ1n) is 17.5. The smallest absolute Gasteiger partial charge is 0.334 e. The molecular weight excluding hydrogens is 624 g/mol. The number of allylic oxidation sites excluding steroid dienone is 1. The number of hydrogen-bond donors (Lipinski definition) is 6. The minimum Gasteiger partial charge on any atom is -0.462 e. The largest absolute Gasteiger partial charge is 0.462 e. The first-order chi connectivity index (χ1) is 22.4. The maximum absolute atomic E-state index is 12.8. The third-order valence-corrected chi connectivity index (χ3v) is 13.8. The van der Waals surface area contributed by atoms with Crippen LogP contribution in [0.4, 0.5) is 0 Å². The monoisotopic (exact) mass is 678 g/mol. The summed E-state index contributed by atoms with van der Waals surface area (Å²) in [7, 11) is 0. The molecule has 4 aliphatic carbocycles. The lowest BCUT2D eigenvalue weighted by Crippen LogP contribution is -2.65. The average molecular weight is 679 g/mol. The van der Waals surface area contributed by atoms with E-state index in [1.807, 2.05) is 6.92 Å². The number of aliphatic hydroxyl groups is 6. The van der Waals surface area contributed by atoms with Crippen molar-refractivity contribution in [3.8, 4) is 0 Å². The van der Waals surface area contributed by atoms with Gasteiger partial charge in [-0.15, -0.1) is 0 Å². The van der Waals surface area contributed by atoms with Gasteiger partial charge in [0.2, 0.25) is 0 Å². The van der Waals surface area contributed by atoms with Crippen LogP contribution >= 0.6 is 0 Å². The quantitative estimate of drug-likeness (QED) is 0.177. The number of hydrogen-bond acceptors (Lipinski definition) is 12. The molecule has 0 aromatic carbocycles. The Morgan fingerprint density at radius 1 is 1.06 bits per heavy atom. The van der Waals surface area contributed by atoms with Gasteiger partial charge in [0.25, 0.3) is 0 Å². The lowest BCUT2D eigenvalue weighted by Gasteiger charge is -2.63. The SMILES string of the molecule is CC(=O)O[C@H]1C[C@H](O[C@@H]2O[C@H](CO)[C@@H](O)[C@H](O)[C@H]2O)CC2=CC[C@@H]3[C@H](CC[C@]4(C)[C@@H]([C@@](C)(O)[C@H]5CC(C)=C(C)C(=O)O5)CC[C@@]34O)[C@]21C. The van der Waals surface area contributed by atoms with Crippen molar-refractivity contribution in [3.63, 3.8) is 0 Å². The molecule has 0 aromatic heterocycles. The van der Waals surface area contributed by atoms with Crippen LogP contribution in [0.5, 0.6) is 0 Å². The summed E-state index contributed by atoms with van der Waals surface area (Å²) in [6.45, 7) is 10.3. The zero-order valence-corrected chi connectivity index (χ0v) is 28.9. The first-order valence-corrected chi connectivity index (χ1v) is 17.5. The predicted octanol–water partition coefficient (Wildman–Crippen LogP) is 1.81. The Labute approximate surface area is 282 Å². The molecule has 0 amide bonds. The number of ether oxygens (including phenoxy) is 4. The van der Waals surface area contributed by atoms with Gasteiger partial charge in [0.05, 0.1) is 18.3 Å². The number of cyclic esters (lactones) is 1. The van der Waals surface area contributed by atoms with E-state index in [9.17, 15) is 40.2 Å². The van der Waals surface area contributed by atoms with Gasteiger partial charge in [0.1, 0.15) is 42.2 Å². The normalized spacial score (nSPS) is 48.8. The molecule has 6 aliphatic rings. The van der Waals surface area contributed by atoms with Crippen LogP contribution in [-0.2, 0) is 28.5 Å². The van der Waals surface area contributed by atoms with Crippen LogP contribution in [0.15, 0.2) is 22.8 Å². The van der Waals surface area contributed by atoms with Gasteiger partial charge in [0.15, 0.2) is 6.29 Å². The van der Waals surface area contributed by atoms with Crippen LogP contribution in [0.25, 0.3) is 0 Å². The average Bonchev–Trinajstić information content (AvgIpc) is 3.31. The van der Waals surface area contributed by atoms with E-state index < -0.39 is 89.6 Å². The lowest BCUT2D eigenvalue weighted by molar-refractivity contribution is -0.315. The van der Waals surface area contributed by atoms with E-state index in [-0.39, 0.29) is 24.2 Å². The summed E-state index contributed by atoms with van der Waals surface area (Å²) in [5, 5.41) is 65.7. The Bertz CT molecular complexity index is 1360. The highest BCUT2D eigenvalue weighted by Crippen LogP contribution is 2.70. The second-order valence-electron chi connectivity index (χ2n) is 16.2. The summed E-state index contributed by atoms with van der Waals surface area (Å²) in [6.07, 6.45) is -2.65. The molecular formula is C36H54O12. The third kappa shape index (κ3) is 5.32. The molecule has 12 heteroatoms. The molecule has 0 spiro atoms. The van der Waals surface area contributed by atoms with Crippen molar-refractivity contribution in [1.82, 2.24) is 0 Å². The van der Waals surface area contributed by atoms with Crippen molar-refractivity contribution in [2.45, 2.75) is 153 Å². The van der Waals surface area contributed by atoms with Crippen molar-refractivity contribution in [3.05, 3.63) is 22.8 Å². The lowest BCUT2D eigenvalue weighted by atomic mass is 9.44. The summed E-state index contributed by atoms with van der Waals surface area (Å²) in [6, 6.07) is 0. The Hall–Kier alpha value is -1.90. The highest BCUT2D eigenvalue weighted by atomic mass is 16.7. The zero-order valence-electron chi connectivity index (χ0n) is 28.9. The van der Waals surface area contributed by atoms with Crippen LogP contribution in [0.1, 0.15) is 92.9 Å². The van der Waals surface area contributed by atoms with E-state index in [4.69, 9.17) is 18.9 Å². The molecule has 270 valence electrons. The number of carbonyl (C=O) groups excluding carboxylic acids is 2. The molecule has 2 aliphatic heterocycles. The third-order valence-electron chi connectivity index (χ3n) is 13.8. The van der Waals surface area contributed by atoms with Gasteiger partial charge in [-0.2, -0.15) is 0 Å². The van der Waals surface area contributed by atoms with Crippen LogP contribution < -0.4 is 0 Å². The van der Waals surface area contributed by atoms with Crippen molar-refractivity contribution < 1.29 is 59.2 Å². The van der Waals surface area contributed by atoms with E-state index in [1.54, 1.807) is 13.8 Å². The van der Waals surface area contributed by atoms with Gasteiger partial charge in [-0.05, 0) is 77.0 Å². The van der Waals surface area contributed by atoms with Gasteiger partial charge in [-0.25, -0.2) is 4.79 Å². The number of aliphatic hydroxyl groups excluding tert-OH is 4. The van der Waals surface area contributed by atoms with Crippen molar-refractivity contribution >= 4 is 11.9 Å². The molecule has 48 heavy (non-hydrogen) atoms. The van der Waals surface area contributed by atoms with Crippen LogP contribution in [0.2, 0.25) is 0 Å². The summed E-state index contributed by atoms with van der Waals surface area (Å²) >= 11 is 0. The number of fused-ring (bicyclic) bond motifs is 5. The standard InChI is InChI=1S/C36H54O12/c1-17-13-27(48-31(42)18(17)2)35(6,43)25-10-12-36(44)23-8-7-20-14-21(46-32-30(41)29(40)28(39)24(16-37)47-32)15-26(45-19(3)38)34(20,5)22(23)9-11-33(25,36)4/h7,21-30,32,37,39-41,43-44H,8-16H2,1-6H3/t21-,22+,23-,24-,25+,26+,27-,28-,29+,30-,32-,33-,34+,35-,36-/m1/s1. The topological polar surface area (TPSA) is 192 Å². The Morgan fingerprint density at radius 2 is 1.77 bits per heavy atom. The van der Waals surface area contributed by atoms with Crippen molar-refractivity contribution in [1.29, 1.82) is 0 Å². The van der Waals surface area contributed by atoms with Gasteiger partial charge in [0, 0.05) is 36.2 Å². The highest BCUT2D eigenvalue weighted by Gasteiger charge is 2.70. The summed E-state index contributed by atoms with van der Waals surface area (Å²) in [5.41, 5.74) is -1.26. The van der Waals surface area contributed by atoms with Crippen LogP contribution in [0.3, 0.4) is 0 Å². The fraction of sp³-hybridized carbons (Fsp3) is 0.833. The zero-order chi connectivity index (χ0) is 35.1. The highest BCUT2D eigenvalue weighted by molar-refractivity contribution is 5.89. The van der Waals surface area contributed by atoms with Crippen molar-refractivity contribution in [2.75, 3.05) is 6.61 Å².